The maximum Gasteiger partial charge on any atom is 0.129 e. The predicted octanol–water partition coefficient (Wildman–Crippen LogP) is 2.07. The first kappa shape index (κ1) is 14.1. The maximum absolute atomic E-state index is 10.6. The van der Waals surface area contributed by atoms with Crippen molar-refractivity contribution in [1.82, 2.24) is 4.98 Å². The summed E-state index contributed by atoms with van der Waals surface area (Å²) in [6.07, 6.45) is 0.736. The average Bonchev–Trinajstić information content (AvgIpc) is 2.46. The highest BCUT2D eigenvalue weighted by atomic mass is 16.5. The fraction of sp³-hybridized carbons (Fsp3) is 0.267. The molecular formula is C15H18N2O3. The van der Waals surface area contributed by atoms with Crippen LogP contribution in [-0.2, 0) is 0 Å². The van der Waals surface area contributed by atoms with Crippen molar-refractivity contribution in [2.75, 3.05) is 20.0 Å². The van der Waals surface area contributed by atoms with Gasteiger partial charge < -0.3 is 20.3 Å². The first-order chi connectivity index (χ1) is 9.56. The number of nitrogens with two attached hydrogens (primary N) is 1. The summed E-state index contributed by atoms with van der Waals surface area (Å²) in [5, 5.41) is 10.6. The summed E-state index contributed by atoms with van der Waals surface area (Å²) < 4.78 is 10.4. The number of aryl methyl sites for hydroxylation is 1. The van der Waals surface area contributed by atoms with Gasteiger partial charge in [-0.3, -0.25) is 0 Å². The minimum Gasteiger partial charge on any atom is -0.497 e. The third-order valence-corrected chi connectivity index (χ3v) is 3.20. The molecule has 0 amide bonds. The molecule has 20 heavy (non-hydrogen) atoms. The van der Waals surface area contributed by atoms with Crippen molar-refractivity contribution in [2.45, 2.75) is 13.0 Å². The van der Waals surface area contributed by atoms with Crippen LogP contribution in [0, 0.1) is 6.92 Å². The van der Waals surface area contributed by atoms with Gasteiger partial charge in [0.2, 0.25) is 0 Å². The van der Waals surface area contributed by atoms with Crippen LogP contribution < -0.4 is 15.2 Å². The normalized spacial score (nSPS) is 12.0. The third-order valence-electron chi connectivity index (χ3n) is 3.20. The summed E-state index contributed by atoms with van der Waals surface area (Å²) >= 11 is 0. The van der Waals surface area contributed by atoms with Crippen molar-refractivity contribution < 1.29 is 14.6 Å². The number of aliphatic hydroxyl groups excluding tert-OH is 1. The number of hydrogen-bond acceptors (Lipinski definition) is 5. The van der Waals surface area contributed by atoms with E-state index in [1.165, 1.54) is 0 Å². The molecule has 3 N–H and O–H groups in total. The molecule has 1 aromatic heterocycles. The predicted molar refractivity (Wildman–Crippen MR) is 77.0 cm³/mol. The van der Waals surface area contributed by atoms with Gasteiger partial charge >= 0.3 is 0 Å². The number of ether oxygens (including phenoxy) is 2. The van der Waals surface area contributed by atoms with Gasteiger partial charge in [-0.2, -0.15) is 0 Å². The van der Waals surface area contributed by atoms with E-state index in [0.717, 1.165) is 5.56 Å². The number of pyridine rings is 1. The summed E-state index contributed by atoms with van der Waals surface area (Å²) in [7, 11) is 3.13. The van der Waals surface area contributed by atoms with Gasteiger partial charge in [-0.25, -0.2) is 4.98 Å². The van der Waals surface area contributed by atoms with Gasteiger partial charge in [0, 0.05) is 17.8 Å². The molecule has 2 rings (SSSR count). The van der Waals surface area contributed by atoms with Gasteiger partial charge in [0.1, 0.15) is 23.4 Å². The summed E-state index contributed by atoms with van der Waals surface area (Å²) in [4.78, 5) is 4.03. The van der Waals surface area contributed by atoms with Gasteiger partial charge in [0.25, 0.3) is 0 Å². The van der Waals surface area contributed by atoms with Crippen molar-refractivity contribution in [3.63, 3.8) is 0 Å². The molecule has 0 aliphatic heterocycles. The number of anilines is 1. The molecule has 0 radical (unpaired) electrons. The van der Waals surface area contributed by atoms with Crippen LogP contribution >= 0.6 is 0 Å². The van der Waals surface area contributed by atoms with Crippen LogP contribution in [0.1, 0.15) is 22.8 Å². The molecule has 0 saturated carbocycles. The largest absolute Gasteiger partial charge is 0.497 e. The number of nitrogens with zero attached hydrogens (tertiary/aromatic N) is 1. The van der Waals surface area contributed by atoms with E-state index in [2.05, 4.69) is 4.98 Å². The molecule has 1 atom stereocenters. The first-order valence-corrected chi connectivity index (χ1v) is 6.18. The van der Waals surface area contributed by atoms with E-state index in [1.54, 1.807) is 38.6 Å². The molecule has 106 valence electrons. The Labute approximate surface area is 118 Å². The van der Waals surface area contributed by atoms with Crippen molar-refractivity contribution >= 4 is 5.82 Å². The smallest absolute Gasteiger partial charge is 0.129 e. The van der Waals surface area contributed by atoms with Gasteiger partial charge in [-0.15, -0.1) is 0 Å². The number of aromatic nitrogens is 1. The summed E-state index contributed by atoms with van der Waals surface area (Å²) in [5.41, 5.74) is 7.99. The van der Waals surface area contributed by atoms with Crippen LogP contribution in [0.2, 0.25) is 0 Å². The number of methoxy groups -OCH3 is 2. The Morgan fingerprint density at radius 3 is 2.25 bits per heavy atom. The Hall–Kier alpha value is -2.27. The second-order valence-corrected chi connectivity index (χ2v) is 4.48. The van der Waals surface area contributed by atoms with E-state index in [1.807, 2.05) is 13.0 Å². The van der Waals surface area contributed by atoms with Crippen LogP contribution in [0.5, 0.6) is 11.5 Å². The number of hydrogen-bond donors (Lipinski definition) is 2. The van der Waals surface area contributed by atoms with Gasteiger partial charge in [-0.1, -0.05) is 0 Å². The van der Waals surface area contributed by atoms with Crippen LogP contribution in [0.25, 0.3) is 0 Å². The molecule has 5 nitrogen and oxygen atoms in total. The van der Waals surface area contributed by atoms with Crippen molar-refractivity contribution in [3.8, 4) is 11.5 Å². The van der Waals surface area contributed by atoms with Crippen LogP contribution in [0.15, 0.2) is 30.5 Å². The quantitative estimate of drug-likeness (QED) is 0.892. The fourth-order valence-electron chi connectivity index (χ4n) is 2.10. The van der Waals surface area contributed by atoms with Gasteiger partial charge in [0.05, 0.1) is 14.2 Å². The second-order valence-electron chi connectivity index (χ2n) is 4.48. The molecule has 1 unspecified atom stereocenters. The zero-order valence-electron chi connectivity index (χ0n) is 11.8. The highest BCUT2D eigenvalue weighted by Gasteiger charge is 2.18. The lowest BCUT2D eigenvalue weighted by Crippen LogP contribution is -2.08. The van der Waals surface area contributed by atoms with Crippen molar-refractivity contribution in [2.24, 2.45) is 0 Å². The lowest BCUT2D eigenvalue weighted by atomic mass is 9.98. The molecule has 0 spiro atoms. The van der Waals surface area contributed by atoms with Gasteiger partial charge in [0.15, 0.2) is 0 Å². The molecule has 0 saturated heterocycles. The molecule has 0 aliphatic rings. The molecule has 0 fully saturated rings. The summed E-state index contributed by atoms with van der Waals surface area (Å²) in [5.74, 6) is 1.54. The SMILES string of the molecule is COc1cc(OC)cc(C(O)c2c(C)ccnc2N)c1. The van der Waals surface area contributed by atoms with Crippen LogP contribution in [-0.4, -0.2) is 24.3 Å². The topological polar surface area (TPSA) is 77.6 Å². The number of aliphatic hydroxyl groups is 1. The van der Waals surface area contributed by atoms with Crippen molar-refractivity contribution in [1.29, 1.82) is 0 Å². The molecule has 1 heterocycles. The van der Waals surface area contributed by atoms with E-state index >= 15 is 0 Å². The van der Waals surface area contributed by atoms with Crippen LogP contribution in [0.4, 0.5) is 5.82 Å². The Morgan fingerprint density at radius 2 is 1.75 bits per heavy atom. The Bertz CT molecular complexity index is 572. The Kier molecular flexibility index (Phi) is 4.10. The van der Waals surface area contributed by atoms with E-state index in [-0.39, 0.29) is 0 Å². The van der Waals surface area contributed by atoms with E-state index in [0.29, 0.717) is 28.4 Å². The molecule has 2 aromatic rings. The second kappa shape index (κ2) is 5.79. The Balaban J connectivity index is 2.50. The van der Waals surface area contributed by atoms with Crippen molar-refractivity contribution in [3.05, 3.63) is 47.2 Å². The average molecular weight is 274 g/mol. The summed E-state index contributed by atoms with van der Waals surface area (Å²) in [6.45, 7) is 1.88. The fourth-order valence-corrected chi connectivity index (χ4v) is 2.10. The number of nitrogen functional groups attached to an aromatic ring is 1. The van der Waals surface area contributed by atoms with E-state index < -0.39 is 6.10 Å². The van der Waals surface area contributed by atoms with Crippen LogP contribution in [0.3, 0.4) is 0 Å². The maximum atomic E-state index is 10.6. The monoisotopic (exact) mass is 274 g/mol. The molecule has 0 aliphatic carbocycles. The minimum atomic E-state index is -0.882. The molecule has 1 aromatic carbocycles. The summed E-state index contributed by atoms with van der Waals surface area (Å²) in [6, 6.07) is 7.06. The number of benzene rings is 1. The zero-order chi connectivity index (χ0) is 14.7. The molecule has 5 heteroatoms. The highest BCUT2D eigenvalue weighted by Crippen LogP contribution is 2.32. The molecular weight excluding hydrogens is 256 g/mol. The lowest BCUT2D eigenvalue weighted by molar-refractivity contribution is 0.219. The minimum absolute atomic E-state index is 0.319. The van der Waals surface area contributed by atoms with E-state index in [9.17, 15) is 5.11 Å². The lowest BCUT2D eigenvalue weighted by Gasteiger charge is -2.17. The first-order valence-electron chi connectivity index (χ1n) is 6.18. The highest BCUT2D eigenvalue weighted by molar-refractivity contribution is 5.51. The van der Waals surface area contributed by atoms with E-state index in [4.69, 9.17) is 15.2 Å². The Morgan fingerprint density at radius 1 is 1.15 bits per heavy atom. The number of rotatable bonds is 4. The van der Waals surface area contributed by atoms with Gasteiger partial charge in [-0.05, 0) is 36.2 Å². The zero-order valence-corrected chi connectivity index (χ0v) is 11.8. The standard InChI is InChI=1S/C15H18N2O3/c1-9-4-5-17-15(16)13(9)14(18)10-6-11(19-2)8-12(7-10)20-3/h4-8,14,18H,1-3H3,(H2,16,17). The third kappa shape index (κ3) is 2.67. The molecule has 0 bridgehead atoms.